The van der Waals surface area contributed by atoms with Gasteiger partial charge in [0.1, 0.15) is 0 Å². The number of rotatable bonds is 6. The second-order valence-electron chi connectivity index (χ2n) is 4.96. The number of pyridine rings is 1. The van der Waals surface area contributed by atoms with Gasteiger partial charge in [-0.05, 0) is 31.4 Å². The first-order chi connectivity index (χ1) is 8.31. The van der Waals surface area contributed by atoms with Gasteiger partial charge in [-0.15, -0.1) is 0 Å². The molecule has 0 bridgehead atoms. The Morgan fingerprint density at radius 3 is 2.94 bits per heavy atom. The van der Waals surface area contributed by atoms with Crippen LogP contribution in [-0.4, -0.2) is 25.1 Å². The zero-order chi connectivity index (χ0) is 12.1. The molecule has 17 heavy (non-hydrogen) atoms. The standard InChI is InChI=1S/C14H23N3/c1-3-15-9-13-10-16-8-7-14(13)17(2)11-12-5-4-6-12/h7-8,10,12,15H,3-6,9,11H2,1-2H3. The molecule has 1 saturated carbocycles. The predicted molar refractivity (Wildman–Crippen MR) is 72.2 cm³/mol. The normalized spacial score (nSPS) is 15.6. The Labute approximate surface area is 104 Å². The summed E-state index contributed by atoms with van der Waals surface area (Å²) in [5, 5.41) is 3.37. The first-order valence-corrected chi connectivity index (χ1v) is 6.66. The van der Waals surface area contributed by atoms with Crippen LogP contribution in [-0.2, 0) is 6.54 Å². The smallest absolute Gasteiger partial charge is 0.0440 e. The molecule has 0 unspecified atom stereocenters. The topological polar surface area (TPSA) is 28.2 Å². The lowest BCUT2D eigenvalue weighted by molar-refractivity contribution is 0.321. The van der Waals surface area contributed by atoms with E-state index in [1.165, 1.54) is 37.1 Å². The van der Waals surface area contributed by atoms with Crippen molar-refractivity contribution in [2.24, 2.45) is 5.92 Å². The van der Waals surface area contributed by atoms with Crippen LogP contribution in [0.1, 0.15) is 31.7 Å². The molecular formula is C14H23N3. The molecule has 94 valence electrons. The third-order valence-corrected chi connectivity index (χ3v) is 3.61. The Morgan fingerprint density at radius 1 is 1.47 bits per heavy atom. The lowest BCUT2D eigenvalue weighted by Crippen LogP contribution is -2.30. The van der Waals surface area contributed by atoms with Gasteiger partial charge in [-0.3, -0.25) is 4.98 Å². The van der Waals surface area contributed by atoms with Gasteiger partial charge in [-0.1, -0.05) is 13.3 Å². The summed E-state index contributed by atoms with van der Waals surface area (Å²) >= 11 is 0. The molecule has 1 aromatic rings. The Hall–Kier alpha value is -1.09. The number of hydrogen-bond acceptors (Lipinski definition) is 3. The lowest BCUT2D eigenvalue weighted by Gasteiger charge is -2.32. The highest BCUT2D eigenvalue weighted by Gasteiger charge is 2.20. The molecule has 1 aliphatic carbocycles. The van der Waals surface area contributed by atoms with E-state index < -0.39 is 0 Å². The van der Waals surface area contributed by atoms with Gasteiger partial charge in [-0.25, -0.2) is 0 Å². The minimum Gasteiger partial charge on any atom is -0.374 e. The molecule has 3 nitrogen and oxygen atoms in total. The fraction of sp³-hybridized carbons (Fsp3) is 0.643. The van der Waals surface area contributed by atoms with Crippen LogP contribution in [0.5, 0.6) is 0 Å². The van der Waals surface area contributed by atoms with E-state index in [0.29, 0.717) is 0 Å². The number of nitrogens with one attached hydrogen (secondary N) is 1. The Kier molecular flexibility index (Phi) is 4.37. The number of nitrogens with zero attached hydrogens (tertiary/aromatic N) is 2. The third-order valence-electron chi connectivity index (χ3n) is 3.61. The molecule has 1 fully saturated rings. The largest absolute Gasteiger partial charge is 0.374 e. The summed E-state index contributed by atoms with van der Waals surface area (Å²) in [6.45, 7) is 5.23. The van der Waals surface area contributed by atoms with E-state index in [-0.39, 0.29) is 0 Å². The Bertz CT molecular complexity index is 347. The van der Waals surface area contributed by atoms with Gasteiger partial charge in [0.2, 0.25) is 0 Å². The average molecular weight is 233 g/mol. The average Bonchev–Trinajstić information content (AvgIpc) is 2.31. The number of hydrogen-bond donors (Lipinski definition) is 1. The summed E-state index contributed by atoms with van der Waals surface area (Å²) in [7, 11) is 2.20. The molecule has 1 heterocycles. The van der Waals surface area contributed by atoms with E-state index in [2.05, 4.69) is 35.2 Å². The second-order valence-corrected chi connectivity index (χ2v) is 4.96. The Balaban J connectivity index is 2.01. The number of anilines is 1. The van der Waals surface area contributed by atoms with E-state index in [9.17, 15) is 0 Å². The third kappa shape index (κ3) is 3.19. The SMILES string of the molecule is CCNCc1cnccc1N(C)CC1CCC1. The van der Waals surface area contributed by atoms with Crippen LogP contribution in [0.15, 0.2) is 18.5 Å². The molecule has 1 aliphatic rings. The van der Waals surface area contributed by atoms with Gasteiger partial charge in [0.05, 0.1) is 0 Å². The van der Waals surface area contributed by atoms with Crippen molar-refractivity contribution in [2.45, 2.75) is 32.7 Å². The maximum atomic E-state index is 4.23. The van der Waals surface area contributed by atoms with Crippen LogP contribution in [0.3, 0.4) is 0 Å². The maximum absolute atomic E-state index is 4.23. The molecule has 0 aliphatic heterocycles. The van der Waals surface area contributed by atoms with Crippen molar-refractivity contribution in [3.8, 4) is 0 Å². The van der Waals surface area contributed by atoms with E-state index >= 15 is 0 Å². The Morgan fingerprint density at radius 2 is 2.29 bits per heavy atom. The fourth-order valence-corrected chi connectivity index (χ4v) is 2.35. The van der Waals surface area contributed by atoms with Crippen molar-refractivity contribution < 1.29 is 0 Å². The van der Waals surface area contributed by atoms with Crippen LogP contribution in [0.25, 0.3) is 0 Å². The predicted octanol–water partition coefficient (Wildman–Crippen LogP) is 2.43. The monoisotopic (exact) mass is 233 g/mol. The van der Waals surface area contributed by atoms with Crippen molar-refractivity contribution in [3.63, 3.8) is 0 Å². The van der Waals surface area contributed by atoms with Crippen LogP contribution in [0.2, 0.25) is 0 Å². The fourth-order valence-electron chi connectivity index (χ4n) is 2.35. The summed E-state index contributed by atoms with van der Waals surface area (Å²) in [4.78, 5) is 6.61. The zero-order valence-electron chi connectivity index (χ0n) is 10.9. The quantitative estimate of drug-likeness (QED) is 0.818. The highest BCUT2D eigenvalue weighted by atomic mass is 15.1. The van der Waals surface area contributed by atoms with Gasteiger partial charge in [-0.2, -0.15) is 0 Å². The van der Waals surface area contributed by atoms with Crippen LogP contribution in [0, 0.1) is 5.92 Å². The molecule has 0 spiro atoms. The molecule has 0 atom stereocenters. The van der Waals surface area contributed by atoms with Gasteiger partial charge in [0.15, 0.2) is 0 Å². The molecule has 2 rings (SSSR count). The van der Waals surface area contributed by atoms with E-state index in [4.69, 9.17) is 0 Å². The lowest BCUT2D eigenvalue weighted by atomic mass is 9.85. The molecule has 0 radical (unpaired) electrons. The second kappa shape index (κ2) is 6.01. The molecule has 1 N–H and O–H groups in total. The summed E-state index contributed by atoms with van der Waals surface area (Å²) in [6.07, 6.45) is 8.09. The van der Waals surface area contributed by atoms with Gasteiger partial charge in [0.25, 0.3) is 0 Å². The maximum Gasteiger partial charge on any atom is 0.0440 e. The first kappa shape index (κ1) is 12.4. The molecular weight excluding hydrogens is 210 g/mol. The van der Waals surface area contributed by atoms with E-state index in [1.54, 1.807) is 0 Å². The zero-order valence-corrected chi connectivity index (χ0v) is 10.9. The minimum atomic E-state index is 0.903. The minimum absolute atomic E-state index is 0.903. The van der Waals surface area contributed by atoms with Gasteiger partial charge >= 0.3 is 0 Å². The van der Waals surface area contributed by atoms with Crippen molar-refractivity contribution in [1.29, 1.82) is 0 Å². The van der Waals surface area contributed by atoms with Crippen molar-refractivity contribution >= 4 is 5.69 Å². The molecule has 3 heteroatoms. The van der Waals surface area contributed by atoms with Crippen LogP contribution < -0.4 is 10.2 Å². The molecule has 1 aromatic heterocycles. The number of aromatic nitrogens is 1. The van der Waals surface area contributed by atoms with E-state index in [0.717, 1.165) is 19.0 Å². The molecule has 0 amide bonds. The van der Waals surface area contributed by atoms with Crippen LogP contribution in [0.4, 0.5) is 5.69 Å². The van der Waals surface area contributed by atoms with E-state index in [1.807, 2.05) is 12.4 Å². The van der Waals surface area contributed by atoms with Gasteiger partial charge in [0, 0.05) is 43.8 Å². The summed E-state index contributed by atoms with van der Waals surface area (Å²) in [5.41, 5.74) is 2.63. The molecule has 0 aromatic carbocycles. The first-order valence-electron chi connectivity index (χ1n) is 6.66. The summed E-state index contributed by atoms with van der Waals surface area (Å²) in [6, 6.07) is 2.13. The summed E-state index contributed by atoms with van der Waals surface area (Å²) < 4.78 is 0. The van der Waals surface area contributed by atoms with Crippen molar-refractivity contribution in [3.05, 3.63) is 24.0 Å². The highest BCUT2D eigenvalue weighted by molar-refractivity contribution is 5.51. The van der Waals surface area contributed by atoms with Gasteiger partial charge < -0.3 is 10.2 Å². The molecule has 0 saturated heterocycles. The highest BCUT2D eigenvalue weighted by Crippen LogP contribution is 2.29. The summed E-state index contributed by atoms with van der Waals surface area (Å²) in [5.74, 6) is 0.903. The van der Waals surface area contributed by atoms with Crippen molar-refractivity contribution in [2.75, 3.05) is 25.0 Å². The van der Waals surface area contributed by atoms with Crippen molar-refractivity contribution in [1.82, 2.24) is 10.3 Å². The van der Waals surface area contributed by atoms with Crippen LogP contribution >= 0.6 is 0 Å².